The third-order valence-electron chi connectivity index (χ3n) is 3.12. The van der Waals surface area contributed by atoms with Gasteiger partial charge in [0.1, 0.15) is 6.04 Å². The molecular formula is C13H25N5O2. The summed E-state index contributed by atoms with van der Waals surface area (Å²) < 4.78 is 6.53. The zero-order valence-electron chi connectivity index (χ0n) is 12.7. The number of aromatic nitrogens is 3. The van der Waals surface area contributed by atoms with Gasteiger partial charge in [0.25, 0.3) is 0 Å². The van der Waals surface area contributed by atoms with Crippen LogP contribution >= 0.6 is 0 Å². The summed E-state index contributed by atoms with van der Waals surface area (Å²) in [4.78, 5) is 12.0. The van der Waals surface area contributed by atoms with Crippen LogP contribution in [-0.4, -0.2) is 47.2 Å². The summed E-state index contributed by atoms with van der Waals surface area (Å²) in [6, 6.07) is -0.187. The molecule has 1 amide bonds. The number of hydrogen-bond acceptors (Lipinski definition) is 5. The van der Waals surface area contributed by atoms with Crippen molar-refractivity contribution in [2.75, 3.05) is 20.3 Å². The Kier molecular flexibility index (Phi) is 7.17. The number of nitrogens with zero attached hydrogens (tertiary/aromatic N) is 3. The van der Waals surface area contributed by atoms with Crippen LogP contribution in [0.3, 0.4) is 0 Å². The highest BCUT2D eigenvalue weighted by Gasteiger charge is 2.17. The van der Waals surface area contributed by atoms with E-state index in [9.17, 15) is 4.79 Å². The Bertz CT molecular complexity index is 407. The number of ether oxygens (including phenoxy) is 1. The Morgan fingerprint density at radius 1 is 1.50 bits per heavy atom. The maximum atomic E-state index is 12.0. The fraction of sp³-hybridized carbons (Fsp3) is 0.769. The second-order valence-electron chi connectivity index (χ2n) is 4.85. The highest BCUT2D eigenvalue weighted by atomic mass is 16.5. The Morgan fingerprint density at radius 2 is 2.25 bits per heavy atom. The van der Waals surface area contributed by atoms with E-state index in [1.54, 1.807) is 18.0 Å². The minimum atomic E-state index is -0.357. The zero-order valence-corrected chi connectivity index (χ0v) is 12.7. The quantitative estimate of drug-likeness (QED) is 0.645. The van der Waals surface area contributed by atoms with E-state index in [2.05, 4.69) is 20.9 Å². The van der Waals surface area contributed by atoms with Gasteiger partial charge >= 0.3 is 0 Å². The average Bonchev–Trinajstić information content (AvgIpc) is 2.91. The monoisotopic (exact) mass is 283 g/mol. The van der Waals surface area contributed by atoms with Gasteiger partial charge in [0.2, 0.25) is 5.91 Å². The molecule has 1 aromatic rings. The predicted molar refractivity (Wildman–Crippen MR) is 76.2 cm³/mol. The Hall–Kier alpha value is -1.47. The summed E-state index contributed by atoms with van der Waals surface area (Å²) in [5, 5.41) is 14.2. The van der Waals surface area contributed by atoms with Crippen LogP contribution in [0.15, 0.2) is 6.20 Å². The summed E-state index contributed by atoms with van der Waals surface area (Å²) >= 11 is 0. The van der Waals surface area contributed by atoms with Crippen molar-refractivity contribution in [3.05, 3.63) is 11.9 Å². The van der Waals surface area contributed by atoms with Crippen molar-refractivity contribution < 1.29 is 9.53 Å². The van der Waals surface area contributed by atoms with E-state index in [4.69, 9.17) is 4.74 Å². The van der Waals surface area contributed by atoms with Crippen LogP contribution in [0.1, 0.15) is 38.9 Å². The summed E-state index contributed by atoms with van der Waals surface area (Å²) in [6.45, 7) is 7.86. The van der Waals surface area contributed by atoms with Crippen molar-refractivity contribution in [2.45, 2.75) is 45.8 Å². The van der Waals surface area contributed by atoms with Crippen molar-refractivity contribution in [3.8, 4) is 0 Å². The molecular weight excluding hydrogens is 258 g/mol. The van der Waals surface area contributed by atoms with Gasteiger partial charge in [0.05, 0.1) is 18.5 Å². The molecule has 2 atom stereocenters. The number of nitrogens with one attached hydrogen (secondary N) is 2. The maximum absolute atomic E-state index is 12.0. The Labute approximate surface area is 120 Å². The van der Waals surface area contributed by atoms with Crippen LogP contribution in [0, 0.1) is 0 Å². The van der Waals surface area contributed by atoms with Crippen molar-refractivity contribution in [1.82, 2.24) is 25.6 Å². The molecule has 0 aliphatic heterocycles. The molecule has 1 heterocycles. The first kappa shape index (κ1) is 16.6. The van der Waals surface area contributed by atoms with Gasteiger partial charge in [-0.3, -0.25) is 4.79 Å². The lowest BCUT2D eigenvalue weighted by Gasteiger charge is -2.15. The second kappa shape index (κ2) is 8.65. The number of hydrogen-bond donors (Lipinski definition) is 2. The van der Waals surface area contributed by atoms with Crippen molar-refractivity contribution in [1.29, 1.82) is 0 Å². The fourth-order valence-corrected chi connectivity index (χ4v) is 1.56. The van der Waals surface area contributed by atoms with E-state index in [0.717, 1.165) is 18.7 Å². The first-order valence-electron chi connectivity index (χ1n) is 6.99. The van der Waals surface area contributed by atoms with Gasteiger partial charge in [0.15, 0.2) is 0 Å². The highest BCUT2D eigenvalue weighted by Crippen LogP contribution is 2.05. The molecule has 1 aromatic heterocycles. The molecule has 20 heavy (non-hydrogen) atoms. The fourth-order valence-electron chi connectivity index (χ4n) is 1.56. The average molecular weight is 283 g/mol. The van der Waals surface area contributed by atoms with Gasteiger partial charge in [-0.25, -0.2) is 4.68 Å². The molecule has 2 N–H and O–H groups in total. The first-order valence-corrected chi connectivity index (χ1v) is 6.99. The zero-order chi connectivity index (χ0) is 15.0. The Balaban J connectivity index is 2.46. The summed E-state index contributed by atoms with van der Waals surface area (Å²) in [5.74, 6) is -0.0388. The minimum absolute atomic E-state index is 0.0388. The maximum Gasteiger partial charge on any atom is 0.244 e. The van der Waals surface area contributed by atoms with E-state index in [1.165, 1.54) is 0 Å². The minimum Gasteiger partial charge on any atom is -0.383 e. The Morgan fingerprint density at radius 3 is 2.90 bits per heavy atom. The van der Waals surface area contributed by atoms with Crippen LogP contribution in [-0.2, 0) is 16.1 Å². The molecule has 2 unspecified atom stereocenters. The second-order valence-corrected chi connectivity index (χ2v) is 4.85. The van der Waals surface area contributed by atoms with E-state index in [0.29, 0.717) is 13.2 Å². The van der Waals surface area contributed by atoms with Gasteiger partial charge in [-0.2, -0.15) is 0 Å². The number of amides is 1. The molecule has 0 fully saturated rings. The molecule has 0 spiro atoms. The standard InChI is InChI=1S/C13H25N5O2/c1-5-10(2)15-13(19)11(3)18-9-12(16-17-18)8-14-6-7-20-4/h9-11,14H,5-8H2,1-4H3,(H,15,19). The SMILES string of the molecule is CCC(C)NC(=O)C(C)n1cc(CNCCOC)nn1. The molecule has 0 aliphatic rings. The van der Waals surface area contributed by atoms with Crippen LogP contribution in [0.25, 0.3) is 0 Å². The van der Waals surface area contributed by atoms with Gasteiger partial charge < -0.3 is 15.4 Å². The first-order chi connectivity index (χ1) is 9.58. The molecule has 0 aromatic carbocycles. The van der Waals surface area contributed by atoms with Gasteiger partial charge in [-0.1, -0.05) is 12.1 Å². The highest BCUT2D eigenvalue weighted by molar-refractivity contribution is 5.79. The molecule has 7 heteroatoms. The molecule has 114 valence electrons. The van der Waals surface area contributed by atoms with Gasteiger partial charge in [-0.05, 0) is 20.3 Å². The van der Waals surface area contributed by atoms with E-state index >= 15 is 0 Å². The van der Waals surface area contributed by atoms with E-state index in [1.807, 2.05) is 20.8 Å². The summed E-state index contributed by atoms with van der Waals surface area (Å²) in [6.07, 6.45) is 2.70. The molecule has 0 saturated heterocycles. The van der Waals surface area contributed by atoms with Crippen LogP contribution in [0.2, 0.25) is 0 Å². The number of carbonyl (C=O) groups excluding carboxylic acids is 1. The number of carbonyl (C=O) groups is 1. The van der Waals surface area contributed by atoms with E-state index in [-0.39, 0.29) is 18.0 Å². The smallest absolute Gasteiger partial charge is 0.244 e. The molecule has 0 aliphatic carbocycles. The lowest BCUT2D eigenvalue weighted by molar-refractivity contribution is -0.124. The van der Waals surface area contributed by atoms with Gasteiger partial charge in [0, 0.05) is 26.2 Å². The van der Waals surface area contributed by atoms with Crippen molar-refractivity contribution >= 4 is 5.91 Å². The van der Waals surface area contributed by atoms with Crippen molar-refractivity contribution in [3.63, 3.8) is 0 Å². The van der Waals surface area contributed by atoms with Crippen LogP contribution in [0.5, 0.6) is 0 Å². The van der Waals surface area contributed by atoms with E-state index < -0.39 is 0 Å². The molecule has 0 radical (unpaired) electrons. The van der Waals surface area contributed by atoms with Gasteiger partial charge in [-0.15, -0.1) is 5.10 Å². The lowest BCUT2D eigenvalue weighted by Crippen LogP contribution is -2.37. The third-order valence-corrected chi connectivity index (χ3v) is 3.12. The largest absolute Gasteiger partial charge is 0.383 e. The third kappa shape index (κ3) is 5.26. The summed E-state index contributed by atoms with van der Waals surface area (Å²) in [7, 11) is 1.66. The summed E-state index contributed by atoms with van der Waals surface area (Å²) in [5.41, 5.74) is 0.810. The van der Waals surface area contributed by atoms with Crippen LogP contribution in [0.4, 0.5) is 0 Å². The topological polar surface area (TPSA) is 81.1 Å². The van der Waals surface area contributed by atoms with Crippen molar-refractivity contribution in [2.24, 2.45) is 0 Å². The number of rotatable bonds is 9. The molecule has 0 saturated carbocycles. The molecule has 7 nitrogen and oxygen atoms in total. The van der Waals surface area contributed by atoms with Crippen LogP contribution < -0.4 is 10.6 Å². The normalized spacial score (nSPS) is 14.0. The lowest BCUT2D eigenvalue weighted by atomic mass is 10.2. The molecule has 1 rings (SSSR count). The number of methoxy groups -OCH3 is 1. The predicted octanol–water partition coefficient (Wildman–Crippen LogP) is 0.490. The molecule has 0 bridgehead atoms.